The Kier molecular flexibility index (Phi) is 4.03. The number of ether oxygens (including phenoxy) is 1. The van der Waals surface area contributed by atoms with Gasteiger partial charge in [-0.3, -0.25) is 4.79 Å². The van der Waals surface area contributed by atoms with E-state index >= 15 is 0 Å². The third-order valence-corrected chi connectivity index (χ3v) is 2.86. The number of carboxylic acid groups (broad SMARTS) is 1. The van der Waals surface area contributed by atoms with Gasteiger partial charge in [0.2, 0.25) is 0 Å². The Hall–Kier alpha value is -1.50. The molecule has 1 N–H and O–H groups in total. The van der Waals surface area contributed by atoms with Crippen LogP contribution < -0.4 is 0 Å². The van der Waals surface area contributed by atoms with Crippen LogP contribution in [-0.2, 0) is 22.5 Å². The number of rotatable bonds is 6. The van der Waals surface area contributed by atoms with Crippen LogP contribution in [-0.4, -0.2) is 44.0 Å². The topological polar surface area (TPSA) is 90.1 Å². The lowest BCUT2D eigenvalue weighted by Gasteiger charge is -2.08. The molecule has 7 heteroatoms. The average molecular weight is 240 g/mol. The molecule has 1 atom stereocenters. The van der Waals surface area contributed by atoms with E-state index in [1.807, 2.05) is 0 Å². The molecular formula is C10H16N4O3. The molecule has 2 heterocycles. The summed E-state index contributed by atoms with van der Waals surface area (Å²) in [6.07, 6.45) is 4.19. The summed E-state index contributed by atoms with van der Waals surface area (Å²) in [6.45, 7) is 1.16. The molecule has 0 bridgehead atoms. The van der Waals surface area contributed by atoms with Crippen LogP contribution in [0.3, 0.4) is 0 Å². The van der Waals surface area contributed by atoms with Gasteiger partial charge in [-0.15, -0.1) is 5.10 Å². The lowest BCUT2D eigenvalue weighted by molar-refractivity contribution is -0.137. The van der Waals surface area contributed by atoms with Crippen LogP contribution in [0.2, 0.25) is 0 Å². The van der Waals surface area contributed by atoms with E-state index in [-0.39, 0.29) is 6.42 Å². The first kappa shape index (κ1) is 12.0. The van der Waals surface area contributed by atoms with Crippen LogP contribution in [0.1, 0.15) is 31.5 Å². The summed E-state index contributed by atoms with van der Waals surface area (Å²) < 4.78 is 7.08. The Labute approximate surface area is 98.8 Å². The third-order valence-electron chi connectivity index (χ3n) is 2.86. The van der Waals surface area contributed by atoms with Gasteiger partial charge in [-0.1, -0.05) is 0 Å². The number of tetrazole rings is 1. The molecular weight excluding hydrogens is 224 g/mol. The minimum absolute atomic E-state index is 0.0397. The highest BCUT2D eigenvalue weighted by Gasteiger charge is 2.17. The van der Waals surface area contributed by atoms with Crippen molar-refractivity contribution >= 4 is 5.97 Å². The van der Waals surface area contributed by atoms with Gasteiger partial charge in [0.15, 0.2) is 5.82 Å². The van der Waals surface area contributed by atoms with Crippen LogP contribution in [0.5, 0.6) is 0 Å². The zero-order valence-electron chi connectivity index (χ0n) is 9.58. The van der Waals surface area contributed by atoms with Crippen molar-refractivity contribution in [1.82, 2.24) is 20.2 Å². The molecule has 7 nitrogen and oxygen atoms in total. The molecule has 0 saturated carbocycles. The Bertz CT molecular complexity index is 373. The smallest absolute Gasteiger partial charge is 0.305 e. The summed E-state index contributed by atoms with van der Waals surface area (Å²) in [4.78, 5) is 10.5. The second-order valence-electron chi connectivity index (χ2n) is 4.14. The monoisotopic (exact) mass is 240 g/mol. The number of aliphatic carboxylic acids is 1. The Morgan fingerprint density at radius 2 is 2.47 bits per heavy atom. The van der Waals surface area contributed by atoms with Crippen LogP contribution in [0.25, 0.3) is 0 Å². The van der Waals surface area contributed by atoms with E-state index in [2.05, 4.69) is 15.5 Å². The third kappa shape index (κ3) is 3.48. The highest BCUT2D eigenvalue weighted by molar-refractivity contribution is 5.66. The molecule has 1 unspecified atom stereocenters. The van der Waals surface area contributed by atoms with E-state index in [4.69, 9.17) is 9.84 Å². The van der Waals surface area contributed by atoms with Crippen molar-refractivity contribution in [1.29, 1.82) is 0 Å². The second-order valence-corrected chi connectivity index (χ2v) is 4.14. The van der Waals surface area contributed by atoms with Gasteiger partial charge < -0.3 is 9.84 Å². The number of carboxylic acids is 1. The maximum Gasteiger partial charge on any atom is 0.305 e. The second kappa shape index (κ2) is 5.72. The zero-order valence-corrected chi connectivity index (χ0v) is 9.58. The van der Waals surface area contributed by atoms with Crippen molar-refractivity contribution in [2.45, 2.75) is 44.8 Å². The molecule has 1 aromatic heterocycles. The summed E-state index contributed by atoms with van der Waals surface area (Å²) in [5.41, 5.74) is 0. The summed E-state index contributed by atoms with van der Waals surface area (Å²) >= 11 is 0. The maximum absolute atomic E-state index is 10.5. The normalized spacial score (nSPS) is 19.6. The van der Waals surface area contributed by atoms with Crippen LogP contribution in [0.15, 0.2) is 0 Å². The van der Waals surface area contributed by atoms with E-state index in [1.165, 1.54) is 0 Å². The van der Waals surface area contributed by atoms with Gasteiger partial charge in [0, 0.05) is 13.0 Å². The van der Waals surface area contributed by atoms with Gasteiger partial charge in [-0.05, 0) is 29.7 Å². The van der Waals surface area contributed by atoms with Gasteiger partial charge >= 0.3 is 5.97 Å². The molecule has 0 aliphatic carbocycles. The number of nitrogens with zero attached hydrogens (tertiary/aromatic N) is 4. The molecule has 1 saturated heterocycles. The van der Waals surface area contributed by atoms with Crippen molar-refractivity contribution in [3.8, 4) is 0 Å². The minimum atomic E-state index is -0.842. The van der Waals surface area contributed by atoms with E-state index in [0.717, 1.165) is 38.1 Å². The number of hydrogen-bond donors (Lipinski definition) is 1. The largest absolute Gasteiger partial charge is 0.481 e. The summed E-state index contributed by atoms with van der Waals surface area (Å²) in [5.74, 6) is -0.104. The van der Waals surface area contributed by atoms with Gasteiger partial charge in [0.25, 0.3) is 0 Å². The predicted molar refractivity (Wildman–Crippen MR) is 57.4 cm³/mol. The Morgan fingerprint density at radius 3 is 3.18 bits per heavy atom. The molecule has 94 valence electrons. The molecule has 2 rings (SSSR count). The van der Waals surface area contributed by atoms with E-state index in [9.17, 15) is 4.79 Å². The Morgan fingerprint density at radius 1 is 1.59 bits per heavy atom. The first-order valence-electron chi connectivity index (χ1n) is 5.84. The van der Waals surface area contributed by atoms with Gasteiger partial charge in [0.05, 0.1) is 19.1 Å². The van der Waals surface area contributed by atoms with Crippen LogP contribution in [0.4, 0.5) is 0 Å². The van der Waals surface area contributed by atoms with Gasteiger partial charge in [-0.2, -0.15) is 0 Å². The lowest BCUT2D eigenvalue weighted by atomic mass is 10.1. The van der Waals surface area contributed by atoms with Crippen molar-refractivity contribution in [2.75, 3.05) is 6.61 Å². The zero-order chi connectivity index (χ0) is 12.1. The quantitative estimate of drug-likeness (QED) is 0.767. The average Bonchev–Trinajstić information content (AvgIpc) is 2.95. The summed E-state index contributed by atoms with van der Waals surface area (Å²) in [6, 6.07) is 0. The molecule has 0 aromatic carbocycles. The van der Waals surface area contributed by atoms with E-state index in [0.29, 0.717) is 12.6 Å². The first-order valence-corrected chi connectivity index (χ1v) is 5.84. The highest BCUT2D eigenvalue weighted by Crippen LogP contribution is 2.16. The maximum atomic E-state index is 10.5. The summed E-state index contributed by atoms with van der Waals surface area (Å²) in [7, 11) is 0. The number of hydrogen-bond acceptors (Lipinski definition) is 5. The molecule has 0 amide bonds. The molecule has 17 heavy (non-hydrogen) atoms. The molecule has 1 aliphatic rings. The number of aromatic nitrogens is 4. The molecule has 1 aromatic rings. The lowest BCUT2D eigenvalue weighted by Crippen LogP contribution is -2.12. The van der Waals surface area contributed by atoms with Gasteiger partial charge in [-0.25, -0.2) is 4.68 Å². The molecule has 1 aliphatic heterocycles. The SMILES string of the molecule is O=C(O)CCn1nnnc1CCC1CCCO1. The van der Waals surface area contributed by atoms with E-state index < -0.39 is 5.97 Å². The minimum Gasteiger partial charge on any atom is -0.481 e. The van der Waals surface area contributed by atoms with Crippen molar-refractivity contribution in [3.63, 3.8) is 0 Å². The van der Waals surface area contributed by atoms with Crippen LogP contribution in [0, 0.1) is 0 Å². The molecule has 0 radical (unpaired) electrons. The first-order chi connectivity index (χ1) is 8.25. The fraction of sp³-hybridized carbons (Fsp3) is 0.800. The number of carbonyl (C=O) groups is 1. The molecule has 1 fully saturated rings. The predicted octanol–water partition coefficient (Wildman–Crippen LogP) is 0.259. The van der Waals surface area contributed by atoms with Gasteiger partial charge in [0.1, 0.15) is 0 Å². The van der Waals surface area contributed by atoms with Crippen molar-refractivity contribution in [3.05, 3.63) is 5.82 Å². The summed E-state index contributed by atoms with van der Waals surface area (Å²) in [5, 5.41) is 19.9. The Balaban J connectivity index is 1.82. The fourth-order valence-electron chi connectivity index (χ4n) is 1.94. The standard InChI is InChI=1S/C10H16N4O3/c15-10(16)5-6-14-9(11-12-13-14)4-3-8-2-1-7-17-8/h8H,1-7H2,(H,15,16). The van der Waals surface area contributed by atoms with E-state index in [1.54, 1.807) is 4.68 Å². The van der Waals surface area contributed by atoms with Crippen LogP contribution >= 0.6 is 0 Å². The number of aryl methyl sites for hydroxylation is 2. The highest BCUT2D eigenvalue weighted by atomic mass is 16.5. The molecule has 0 spiro atoms. The fourth-order valence-corrected chi connectivity index (χ4v) is 1.94. The van der Waals surface area contributed by atoms with Crippen molar-refractivity contribution < 1.29 is 14.6 Å². The van der Waals surface area contributed by atoms with Crippen molar-refractivity contribution in [2.24, 2.45) is 0 Å².